The summed E-state index contributed by atoms with van der Waals surface area (Å²) in [5.41, 5.74) is 2.90. The van der Waals surface area contributed by atoms with E-state index in [9.17, 15) is 0 Å². The average molecular weight is 273 g/mol. The van der Waals surface area contributed by atoms with Crippen LogP contribution in [0, 0.1) is 13.8 Å². The zero-order chi connectivity index (χ0) is 13.4. The van der Waals surface area contributed by atoms with Crippen molar-refractivity contribution >= 4 is 17.2 Å². The van der Waals surface area contributed by atoms with Crippen LogP contribution in [-0.4, -0.2) is 9.38 Å². The van der Waals surface area contributed by atoms with Crippen molar-refractivity contribution in [2.75, 3.05) is 0 Å². The molecule has 1 aromatic carbocycles. The number of benzene rings is 1. The van der Waals surface area contributed by atoms with Crippen LogP contribution in [-0.2, 0) is 0 Å². The van der Waals surface area contributed by atoms with Gasteiger partial charge in [-0.25, -0.2) is 4.98 Å². The second kappa shape index (κ2) is 4.59. The zero-order valence-electron chi connectivity index (χ0n) is 10.7. The van der Waals surface area contributed by atoms with Crippen molar-refractivity contribution in [3.8, 4) is 11.5 Å². The van der Waals surface area contributed by atoms with Gasteiger partial charge in [0.25, 0.3) is 0 Å². The van der Waals surface area contributed by atoms with Gasteiger partial charge in [-0.05, 0) is 49.7 Å². The van der Waals surface area contributed by atoms with Crippen LogP contribution in [0.15, 0.2) is 42.7 Å². The second-order valence-electron chi connectivity index (χ2n) is 4.55. The van der Waals surface area contributed by atoms with Crippen LogP contribution in [0.1, 0.15) is 11.3 Å². The Morgan fingerprint density at radius 3 is 2.58 bits per heavy atom. The van der Waals surface area contributed by atoms with Gasteiger partial charge in [0, 0.05) is 17.4 Å². The largest absolute Gasteiger partial charge is 0.453 e. The molecule has 0 N–H and O–H groups in total. The Hall–Kier alpha value is -2.00. The van der Waals surface area contributed by atoms with Crippen LogP contribution in [0.4, 0.5) is 0 Å². The van der Waals surface area contributed by atoms with Crippen molar-refractivity contribution in [2.45, 2.75) is 13.8 Å². The number of imidazole rings is 1. The smallest absolute Gasteiger partial charge is 0.180 e. The molecule has 3 aromatic rings. The molecular weight excluding hydrogens is 260 g/mol. The third kappa shape index (κ3) is 2.42. The Balaban J connectivity index is 2.06. The molecule has 3 rings (SSSR count). The van der Waals surface area contributed by atoms with Crippen LogP contribution in [0.5, 0.6) is 11.5 Å². The third-order valence-electron chi connectivity index (χ3n) is 2.82. The molecule has 0 aliphatic rings. The van der Waals surface area contributed by atoms with Gasteiger partial charge < -0.3 is 9.14 Å². The minimum Gasteiger partial charge on any atom is -0.453 e. The monoisotopic (exact) mass is 272 g/mol. The predicted octanol–water partition coefficient (Wildman–Crippen LogP) is 4.40. The van der Waals surface area contributed by atoms with Gasteiger partial charge in [-0.15, -0.1) is 0 Å². The molecule has 0 amide bonds. The fourth-order valence-corrected chi connectivity index (χ4v) is 2.16. The molecule has 0 radical (unpaired) electrons. The highest BCUT2D eigenvalue weighted by molar-refractivity contribution is 6.30. The lowest BCUT2D eigenvalue weighted by atomic mass is 10.3. The number of nitrogens with zero attached hydrogens (tertiary/aromatic N) is 2. The maximum atomic E-state index is 5.90. The summed E-state index contributed by atoms with van der Waals surface area (Å²) in [4.78, 5) is 4.48. The standard InChI is InChI=1S/C15H13ClN2O/c1-10-7-14(15-17-11(2)9-18(15)8-10)19-13-5-3-12(16)4-6-13/h3-9H,1-2H3. The Morgan fingerprint density at radius 2 is 1.84 bits per heavy atom. The summed E-state index contributed by atoms with van der Waals surface area (Å²) in [7, 11) is 0. The number of ether oxygens (including phenoxy) is 1. The summed E-state index contributed by atoms with van der Waals surface area (Å²) < 4.78 is 7.88. The third-order valence-corrected chi connectivity index (χ3v) is 3.07. The van der Waals surface area contributed by atoms with Crippen molar-refractivity contribution in [2.24, 2.45) is 0 Å². The van der Waals surface area contributed by atoms with E-state index in [1.54, 1.807) is 12.1 Å². The summed E-state index contributed by atoms with van der Waals surface area (Å²) in [6.07, 6.45) is 4.01. The maximum Gasteiger partial charge on any atom is 0.180 e. The van der Waals surface area contributed by atoms with E-state index in [0.717, 1.165) is 28.4 Å². The first kappa shape index (κ1) is 12.1. The first-order valence-electron chi connectivity index (χ1n) is 6.01. The number of fused-ring (bicyclic) bond motifs is 1. The molecule has 19 heavy (non-hydrogen) atoms. The SMILES string of the molecule is Cc1cc(Oc2ccc(Cl)cc2)c2nc(C)cn2c1. The van der Waals surface area contributed by atoms with Gasteiger partial charge in [0.1, 0.15) is 5.75 Å². The number of pyridine rings is 1. The molecule has 0 saturated carbocycles. The minimum atomic E-state index is 0.693. The molecule has 2 heterocycles. The summed E-state index contributed by atoms with van der Waals surface area (Å²) in [6.45, 7) is 4.00. The number of aryl methyl sites for hydroxylation is 2. The molecule has 3 nitrogen and oxygen atoms in total. The summed E-state index contributed by atoms with van der Waals surface area (Å²) in [6, 6.07) is 9.28. The van der Waals surface area contributed by atoms with E-state index in [1.165, 1.54) is 0 Å². The Kier molecular flexibility index (Phi) is 2.91. The van der Waals surface area contributed by atoms with E-state index in [0.29, 0.717) is 5.02 Å². The number of aromatic nitrogens is 2. The lowest BCUT2D eigenvalue weighted by Crippen LogP contribution is -1.91. The van der Waals surface area contributed by atoms with Crippen molar-refractivity contribution in [3.05, 3.63) is 59.0 Å². The first-order valence-corrected chi connectivity index (χ1v) is 6.39. The molecular formula is C15H13ClN2O. The number of rotatable bonds is 2. The van der Waals surface area contributed by atoms with Crippen molar-refractivity contribution < 1.29 is 4.74 Å². The lowest BCUT2D eigenvalue weighted by molar-refractivity contribution is 0.484. The van der Waals surface area contributed by atoms with Gasteiger partial charge in [-0.1, -0.05) is 11.6 Å². The molecule has 0 spiro atoms. The molecule has 0 atom stereocenters. The molecule has 0 bridgehead atoms. The summed E-state index contributed by atoms with van der Waals surface area (Å²) in [5, 5.41) is 0.693. The molecule has 0 aliphatic carbocycles. The molecule has 0 aliphatic heterocycles. The van der Waals surface area contributed by atoms with E-state index < -0.39 is 0 Å². The van der Waals surface area contributed by atoms with Crippen LogP contribution < -0.4 is 4.74 Å². The van der Waals surface area contributed by atoms with Gasteiger partial charge >= 0.3 is 0 Å². The van der Waals surface area contributed by atoms with Gasteiger partial charge in [0.05, 0.1) is 5.69 Å². The Morgan fingerprint density at radius 1 is 1.11 bits per heavy atom. The van der Waals surface area contributed by atoms with Gasteiger partial charge in [0.2, 0.25) is 0 Å². The van der Waals surface area contributed by atoms with Gasteiger partial charge in [-0.2, -0.15) is 0 Å². The quantitative estimate of drug-likeness (QED) is 0.691. The average Bonchev–Trinajstić information content (AvgIpc) is 2.72. The van der Waals surface area contributed by atoms with E-state index >= 15 is 0 Å². The van der Waals surface area contributed by atoms with Crippen molar-refractivity contribution in [1.29, 1.82) is 0 Å². The highest BCUT2D eigenvalue weighted by Gasteiger charge is 2.08. The number of halogens is 1. The van der Waals surface area contributed by atoms with E-state index in [2.05, 4.69) is 4.98 Å². The fourth-order valence-electron chi connectivity index (χ4n) is 2.03. The molecule has 4 heteroatoms. The topological polar surface area (TPSA) is 26.5 Å². The van der Waals surface area contributed by atoms with Crippen molar-refractivity contribution in [3.63, 3.8) is 0 Å². The van der Waals surface area contributed by atoms with E-state index in [-0.39, 0.29) is 0 Å². The van der Waals surface area contributed by atoms with Crippen LogP contribution in [0.25, 0.3) is 5.65 Å². The van der Waals surface area contributed by atoms with Crippen LogP contribution in [0.2, 0.25) is 5.02 Å². The van der Waals surface area contributed by atoms with Gasteiger partial charge in [0.15, 0.2) is 11.4 Å². The lowest BCUT2D eigenvalue weighted by Gasteiger charge is -2.08. The first-order chi connectivity index (χ1) is 9.11. The zero-order valence-corrected chi connectivity index (χ0v) is 11.5. The Bertz CT molecular complexity index is 732. The molecule has 0 fully saturated rings. The highest BCUT2D eigenvalue weighted by atomic mass is 35.5. The second-order valence-corrected chi connectivity index (χ2v) is 4.99. The number of hydrogen-bond donors (Lipinski definition) is 0. The summed E-state index contributed by atoms with van der Waals surface area (Å²) in [5.74, 6) is 1.49. The van der Waals surface area contributed by atoms with Gasteiger partial charge in [-0.3, -0.25) is 0 Å². The normalized spacial score (nSPS) is 10.9. The van der Waals surface area contributed by atoms with Crippen molar-refractivity contribution in [1.82, 2.24) is 9.38 Å². The molecule has 0 unspecified atom stereocenters. The predicted molar refractivity (Wildman–Crippen MR) is 76.2 cm³/mol. The number of hydrogen-bond acceptors (Lipinski definition) is 2. The highest BCUT2D eigenvalue weighted by Crippen LogP contribution is 2.27. The fraction of sp³-hybridized carbons (Fsp3) is 0.133. The van der Waals surface area contributed by atoms with E-state index in [1.807, 2.05) is 48.8 Å². The van der Waals surface area contributed by atoms with Crippen LogP contribution in [0.3, 0.4) is 0 Å². The molecule has 0 saturated heterocycles. The van der Waals surface area contributed by atoms with Crippen LogP contribution >= 0.6 is 11.6 Å². The molecule has 2 aromatic heterocycles. The van der Waals surface area contributed by atoms with E-state index in [4.69, 9.17) is 16.3 Å². The Labute approximate surface area is 116 Å². The maximum absolute atomic E-state index is 5.90. The molecule has 96 valence electrons. The summed E-state index contributed by atoms with van der Waals surface area (Å²) >= 11 is 5.87. The minimum absolute atomic E-state index is 0.693.